The summed E-state index contributed by atoms with van der Waals surface area (Å²) in [5, 5.41) is 9.24. The number of carbonyl (C=O) groups excluding carboxylic acids is 1. The van der Waals surface area contributed by atoms with E-state index in [2.05, 4.69) is 0 Å². The van der Waals surface area contributed by atoms with Crippen molar-refractivity contribution in [1.82, 2.24) is 0 Å². The second-order valence-electron chi connectivity index (χ2n) is 4.55. The number of hydrogen-bond acceptors (Lipinski definition) is 2. The van der Waals surface area contributed by atoms with Crippen molar-refractivity contribution < 1.29 is 14.7 Å². The van der Waals surface area contributed by atoms with Crippen LogP contribution in [0, 0.1) is 0 Å². The van der Waals surface area contributed by atoms with Crippen LogP contribution in [0.4, 0.5) is 5.69 Å². The summed E-state index contributed by atoms with van der Waals surface area (Å²) in [4.78, 5) is 24.9. The Balaban J connectivity index is 2.28. The minimum Gasteiger partial charge on any atom is -0.480 e. The highest BCUT2D eigenvalue weighted by atomic mass is 16.4. The number of nitrogens with zero attached hydrogens (tertiary/aromatic N) is 1. The molecule has 0 unspecified atom stereocenters. The van der Waals surface area contributed by atoms with Gasteiger partial charge in [0.25, 0.3) is 0 Å². The van der Waals surface area contributed by atoms with Gasteiger partial charge in [-0.05, 0) is 18.1 Å². The van der Waals surface area contributed by atoms with E-state index in [0.717, 1.165) is 24.1 Å². The number of anilines is 1. The molecule has 2 rings (SSSR count). The standard InChI is InChI=1S/C14H17NO3/c1-2-3-8-13(16)15-11-7-5-4-6-10(11)9-12(15)14(17)18/h4-7,12H,2-3,8-9H2,1H3,(H,17,18)/t12-/m0/s1. The molecule has 4 heteroatoms. The summed E-state index contributed by atoms with van der Waals surface area (Å²) in [6.45, 7) is 2.01. The van der Waals surface area contributed by atoms with Gasteiger partial charge in [-0.15, -0.1) is 0 Å². The molecule has 1 aromatic rings. The molecule has 96 valence electrons. The van der Waals surface area contributed by atoms with Gasteiger partial charge >= 0.3 is 5.97 Å². The summed E-state index contributed by atoms with van der Waals surface area (Å²) >= 11 is 0. The van der Waals surface area contributed by atoms with Gasteiger partial charge in [0.1, 0.15) is 6.04 Å². The van der Waals surface area contributed by atoms with Crippen molar-refractivity contribution in [1.29, 1.82) is 0 Å². The van der Waals surface area contributed by atoms with E-state index in [0.29, 0.717) is 12.8 Å². The average Bonchev–Trinajstić information content (AvgIpc) is 2.75. The molecule has 1 N–H and O–H groups in total. The normalized spacial score (nSPS) is 17.6. The number of unbranched alkanes of at least 4 members (excludes halogenated alkanes) is 1. The van der Waals surface area contributed by atoms with E-state index in [1.165, 1.54) is 4.90 Å². The minimum absolute atomic E-state index is 0.0887. The van der Waals surface area contributed by atoms with Gasteiger partial charge < -0.3 is 5.11 Å². The van der Waals surface area contributed by atoms with Gasteiger partial charge in [-0.25, -0.2) is 4.79 Å². The van der Waals surface area contributed by atoms with E-state index >= 15 is 0 Å². The number of aliphatic carboxylic acids is 1. The van der Waals surface area contributed by atoms with Crippen LogP contribution in [0.3, 0.4) is 0 Å². The predicted molar refractivity (Wildman–Crippen MR) is 68.6 cm³/mol. The van der Waals surface area contributed by atoms with Gasteiger partial charge in [0.05, 0.1) is 0 Å². The molecular formula is C14H17NO3. The van der Waals surface area contributed by atoms with Crippen LogP contribution in [0.5, 0.6) is 0 Å². The average molecular weight is 247 g/mol. The van der Waals surface area contributed by atoms with Gasteiger partial charge in [-0.2, -0.15) is 0 Å². The Morgan fingerprint density at radius 2 is 2.11 bits per heavy atom. The summed E-state index contributed by atoms with van der Waals surface area (Å²) in [5.74, 6) is -1.02. The lowest BCUT2D eigenvalue weighted by Crippen LogP contribution is -2.42. The van der Waals surface area contributed by atoms with Gasteiger partial charge in [-0.3, -0.25) is 9.69 Å². The van der Waals surface area contributed by atoms with Crippen molar-refractivity contribution in [2.45, 2.75) is 38.6 Å². The minimum atomic E-state index is -0.934. The monoisotopic (exact) mass is 247 g/mol. The van der Waals surface area contributed by atoms with E-state index < -0.39 is 12.0 Å². The van der Waals surface area contributed by atoms with E-state index in [1.54, 1.807) is 0 Å². The van der Waals surface area contributed by atoms with Gasteiger partial charge in [0.2, 0.25) is 5.91 Å². The molecule has 0 bridgehead atoms. The van der Waals surface area contributed by atoms with E-state index in [9.17, 15) is 14.7 Å². The van der Waals surface area contributed by atoms with Gasteiger partial charge in [-0.1, -0.05) is 31.5 Å². The molecule has 1 aromatic carbocycles. The zero-order valence-corrected chi connectivity index (χ0v) is 10.4. The van der Waals surface area contributed by atoms with E-state index in [-0.39, 0.29) is 5.91 Å². The second-order valence-corrected chi connectivity index (χ2v) is 4.55. The predicted octanol–water partition coefficient (Wildman–Crippen LogP) is 2.22. The maximum absolute atomic E-state index is 12.1. The largest absolute Gasteiger partial charge is 0.480 e. The maximum Gasteiger partial charge on any atom is 0.327 e. The van der Waals surface area contributed by atoms with Crippen molar-refractivity contribution in [2.75, 3.05) is 4.90 Å². The lowest BCUT2D eigenvalue weighted by atomic mass is 10.1. The van der Waals surface area contributed by atoms with Crippen LogP contribution < -0.4 is 4.90 Å². The summed E-state index contributed by atoms with van der Waals surface area (Å²) in [5.41, 5.74) is 1.70. The first-order valence-electron chi connectivity index (χ1n) is 6.28. The quantitative estimate of drug-likeness (QED) is 0.887. The third kappa shape index (κ3) is 2.23. The first-order chi connectivity index (χ1) is 8.65. The molecule has 0 saturated carbocycles. The Bertz CT molecular complexity index is 470. The first-order valence-corrected chi connectivity index (χ1v) is 6.28. The summed E-state index contributed by atoms with van der Waals surface area (Å²) in [6.07, 6.45) is 2.54. The molecule has 0 aromatic heterocycles. The van der Waals surface area contributed by atoms with Gasteiger partial charge in [0, 0.05) is 18.5 Å². The molecule has 1 atom stereocenters. The molecule has 0 fully saturated rings. The number of fused-ring (bicyclic) bond motifs is 1. The Morgan fingerprint density at radius 1 is 1.39 bits per heavy atom. The lowest BCUT2D eigenvalue weighted by molar-refractivity contribution is -0.139. The molecule has 0 spiro atoms. The van der Waals surface area contributed by atoms with E-state index in [4.69, 9.17) is 0 Å². The number of carboxylic acids is 1. The van der Waals surface area contributed by atoms with Crippen LogP contribution in [0.1, 0.15) is 31.7 Å². The molecule has 0 saturated heterocycles. The molecule has 0 aliphatic carbocycles. The summed E-state index contributed by atoms with van der Waals surface area (Å²) in [6, 6.07) is 6.67. The number of para-hydroxylation sites is 1. The van der Waals surface area contributed by atoms with Crippen LogP contribution in [0.25, 0.3) is 0 Å². The first kappa shape index (κ1) is 12.6. The molecule has 1 aliphatic rings. The zero-order chi connectivity index (χ0) is 13.1. The van der Waals surface area contributed by atoms with Crippen molar-refractivity contribution in [3.05, 3.63) is 29.8 Å². The maximum atomic E-state index is 12.1. The van der Waals surface area contributed by atoms with Crippen molar-refractivity contribution in [2.24, 2.45) is 0 Å². The summed E-state index contributed by atoms with van der Waals surface area (Å²) < 4.78 is 0. The molecule has 4 nitrogen and oxygen atoms in total. The van der Waals surface area contributed by atoms with Crippen molar-refractivity contribution in [3.8, 4) is 0 Å². The van der Waals surface area contributed by atoms with Gasteiger partial charge in [0.15, 0.2) is 0 Å². The van der Waals surface area contributed by atoms with Crippen molar-refractivity contribution in [3.63, 3.8) is 0 Å². The van der Waals surface area contributed by atoms with Crippen molar-refractivity contribution >= 4 is 17.6 Å². The topological polar surface area (TPSA) is 57.6 Å². The number of amides is 1. The SMILES string of the molecule is CCCCC(=O)N1c2ccccc2C[C@H]1C(=O)O. The van der Waals surface area contributed by atoms with Crippen LogP contribution >= 0.6 is 0 Å². The Labute approximate surface area is 106 Å². The molecule has 1 aliphatic heterocycles. The summed E-state index contributed by atoms with van der Waals surface area (Å²) in [7, 11) is 0. The fourth-order valence-electron chi connectivity index (χ4n) is 2.34. The Kier molecular flexibility index (Phi) is 3.65. The highest BCUT2D eigenvalue weighted by molar-refractivity contribution is 6.01. The highest BCUT2D eigenvalue weighted by Gasteiger charge is 2.37. The molecule has 1 amide bonds. The van der Waals surface area contributed by atoms with Crippen LogP contribution in [-0.2, 0) is 16.0 Å². The molecular weight excluding hydrogens is 230 g/mol. The highest BCUT2D eigenvalue weighted by Crippen LogP contribution is 2.32. The molecule has 1 heterocycles. The van der Waals surface area contributed by atoms with Crippen LogP contribution in [-0.4, -0.2) is 23.0 Å². The fourth-order valence-corrected chi connectivity index (χ4v) is 2.34. The zero-order valence-electron chi connectivity index (χ0n) is 10.4. The van der Waals surface area contributed by atoms with E-state index in [1.807, 2.05) is 31.2 Å². The Morgan fingerprint density at radius 3 is 2.78 bits per heavy atom. The van der Waals surface area contributed by atoms with Crippen LogP contribution in [0.15, 0.2) is 24.3 Å². The second kappa shape index (κ2) is 5.21. The third-order valence-corrected chi connectivity index (χ3v) is 3.27. The number of carboxylic acid groups (broad SMARTS) is 1. The lowest BCUT2D eigenvalue weighted by Gasteiger charge is -2.22. The fraction of sp³-hybridized carbons (Fsp3) is 0.429. The van der Waals surface area contributed by atoms with Crippen LogP contribution in [0.2, 0.25) is 0 Å². The molecule has 0 radical (unpaired) electrons. The number of rotatable bonds is 4. The number of carbonyl (C=O) groups is 2. The number of benzene rings is 1. The molecule has 18 heavy (non-hydrogen) atoms. The third-order valence-electron chi connectivity index (χ3n) is 3.27. The number of hydrogen-bond donors (Lipinski definition) is 1. The Hall–Kier alpha value is -1.84. The smallest absolute Gasteiger partial charge is 0.327 e.